The van der Waals surface area contributed by atoms with Crippen LogP contribution in [0.1, 0.15) is 11.4 Å². The minimum Gasteiger partial charge on any atom is -0.312 e. The molecule has 0 saturated carbocycles. The Bertz CT molecular complexity index is 1040. The maximum atomic E-state index is 11.5. The van der Waals surface area contributed by atoms with Crippen LogP contribution in [0.15, 0.2) is 41.2 Å². The first-order valence-corrected chi connectivity index (χ1v) is 7.52. The number of aromatic amines is 1. The minimum atomic E-state index is -0.0230. The van der Waals surface area contributed by atoms with Crippen LogP contribution in [0.4, 0.5) is 0 Å². The first-order chi connectivity index (χ1) is 10.1. The van der Waals surface area contributed by atoms with E-state index in [9.17, 15) is 4.79 Å². The standard InChI is InChI=1S/C16H13N3OS/c1-9-3-4-11-7-10(2)19(15(11)17-9)12-5-6-13-14(8-12)21-16(20)18-13/h3-8H,1-2H3,(H,18,20). The molecule has 4 aromatic rings. The van der Waals surface area contributed by atoms with Gasteiger partial charge >= 0.3 is 4.87 Å². The second kappa shape index (κ2) is 4.30. The fourth-order valence-corrected chi connectivity index (χ4v) is 3.47. The molecular weight excluding hydrogens is 282 g/mol. The molecule has 0 amide bonds. The molecule has 3 heterocycles. The molecule has 4 rings (SSSR count). The molecule has 1 aromatic carbocycles. The number of pyridine rings is 1. The number of rotatable bonds is 1. The van der Waals surface area contributed by atoms with Crippen LogP contribution in [-0.4, -0.2) is 14.5 Å². The summed E-state index contributed by atoms with van der Waals surface area (Å²) in [5, 5.41) is 1.13. The molecule has 0 aliphatic rings. The van der Waals surface area contributed by atoms with Crippen molar-refractivity contribution in [3.8, 4) is 5.69 Å². The van der Waals surface area contributed by atoms with Gasteiger partial charge in [0, 0.05) is 22.5 Å². The van der Waals surface area contributed by atoms with Crippen LogP contribution in [0.3, 0.4) is 0 Å². The van der Waals surface area contributed by atoms with Crippen LogP contribution in [0.5, 0.6) is 0 Å². The molecule has 0 atom stereocenters. The maximum absolute atomic E-state index is 11.5. The summed E-state index contributed by atoms with van der Waals surface area (Å²) in [6.45, 7) is 4.06. The van der Waals surface area contributed by atoms with Crippen LogP contribution in [0, 0.1) is 13.8 Å². The molecule has 4 nitrogen and oxygen atoms in total. The van der Waals surface area contributed by atoms with E-state index in [1.165, 1.54) is 11.3 Å². The Morgan fingerprint density at radius 1 is 1.14 bits per heavy atom. The van der Waals surface area contributed by atoms with Crippen molar-refractivity contribution in [2.24, 2.45) is 0 Å². The van der Waals surface area contributed by atoms with E-state index >= 15 is 0 Å². The Labute approximate surface area is 124 Å². The van der Waals surface area contributed by atoms with Crippen molar-refractivity contribution >= 4 is 32.6 Å². The summed E-state index contributed by atoms with van der Waals surface area (Å²) in [4.78, 5) is 18.9. The highest BCUT2D eigenvalue weighted by atomic mass is 32.1. The lowest BCUT2D eigenvalue weighted by Crippen LogP contribution is -1.98. The lowest BCUT2D eigenvalue weighted by Gasteiger charge is -2.08. The number of nitrogens with one attached hydrogen (secondary N) is 1. The Kier molecular flexibility index (Phi) is 2.53. The van der Waals surface area contributed by atoms with Crippen LogP contribution in [0.25, 0.3) is 26.9 Å². The first kappa shape index (κ1) is 12.3. The van der Waals surface area contributed by atoms with Crippen LogP contribution >= 0.6 is 11.3 Å². The largest absolute Gasteiger partial charge is 0.312 e. The van der Waals surface area contributed by atoms with Gasteiger partial charge in [0.2, 0.25) is 0 Å². The maximum Gasteiger partial charge on any atom is 0.305 e. The zero-order valence-electron chi connectivity index (χ0n) is 11.7. The number of H-pyrrole nitrogens is 1. The number of aryl methyl sites for hydroxylation is 2. The summed E-state index contributed by atoms with van der Waals surface area (Å²) in [6.07, 6.45) is 0. The van der Waals surface area contributed by atoms with E-state index < -0.39 is 0 Å². The van der Waals surface area contributed by atoms with Crippen molar-refractivity contribution in [2.45, 2.75) is 13.8 Å². The van der Waals surface area contributed by atoms with Gasteiger partial charge in [0.05, 0.1) is 10.2 Å². The summed E-state index contributed by atoms with van der Waals surface area (Å²) >= 11 is 1.23. The molecule has 0 fully saturated rings. The monoisotopic (exact) mass is 295 g/mol. The summed E-state index contributed by atoms with van der Waals surface area (Å²) in [6, 6.07) is 12.2. The average Bonchev–Trinajstić information content (AvgIpc) is 2.95. The van der Waals surface area contributed by atoms with Crippen LogP contribution in [-0.2, 0) is 0 Å². The normalized spacial score (nSPS) is 11.5. The lowest BCUT2D eigenvalue weighted by molar-refractivity contribution is 1.02. The van der Waals surface area contributed by atoms with Crippen molar-refractivity contribution in [1.29, 1.82) is 0 Å². The molecule has 104 valence electrons. The first-order valence-electron chi connectivity index (χ1n) is 6.71. The number of aromatic nitrogens is 3. The summed E-state index contributed by atoms with van der Waals surface area (Å²) in [5.41, 5.74) is 4.99. The van der Waals surface area contributed by atoms with Crippen molar-refractivity contribution in [1.82, 2.24) is 14.5 Å². The smallest absolute Gasteiger partial charge is 0.305 e. The predicted octanol–water partition coefficient (Wildman–Crippen LogP) is 3.55. The van der Waals surface area contributed by atoms with E-state index in [0.717, 1.165) is 38.3 Å². The Hall–Kier alpha value is -2.40. The molecule has 0 bridgehead atoms. The Morgan fingerprint density at radius 2 is 2.00 bits per heavy atom. The fourth-order valence-electron chi connectivity index (χ4n) is 2.70. The van der Waals surface area contributed by atoms with E-state index in [0.29, 0.717) is 0 Å². The van der Waals surface area contributed by atoms with Gasteiger partial charge in [0.1, 0.15) is 5.65 Å². The van der Waals surface area contributed by atoms with Gasteiger partial charge in [-0.2, -0.15) is 0 Å². The molecule has 0 aliphatic carbocycles. The second-order valence-corrected chi connectivity index (χ2v) is 6.20. The van der Waals surface area contributed by atoms with E-state index in [-0.39, 0.29) is 4.87 Å². The fraction of sp³-hybridized carbons (Fsp3) is 0.125. The molecule has 0 saturated heterocycles. The molecular formula is C16H13N3OS. The average molecular weight is 295 g/mol. The zero-order chi connectivity index (χ0) is 14.6. The Morgan fingerprint density at radius 3 is 2.86 bits per heavy atom. The van der Waals surface area contributed by atoms with Crippen LogP contribution < -0.4 is 4.87 Å². The third-order valence-corrected chi connectivity index (χ3v) is 4.48. The number of benzene rings is 1. The number of nitrogens with zero attached hydrogens (tertiary/aromatic N) is 2. The minimum absolute atomic E-state index is 0.0230. The molecule has 0 radical (unpaired) electrons. The van der Waals surface area contributed by atoms with Gasteiger partial charge in [0.25, 0.3) is 0 Å². The molecule has 0 spiro atoms. The quantitative estimate of drug-likeness (QED) is 0.584. The number of thiazole rings is 1. The van der Waals surface area contributed by atoms with E-state index in [4.69, 9.17) is 0 Å². The van der Waals surface area contributed by atoms with Gasteiger partial charge in [-0.25, -0.2) is 4.98 Å². The van der Waals surface area contributed by atoms with Gasteiger partial charge < -0.3 is 4.98 Å². The second-order valence-electron chi connectivity index (χ2n) is 5.18. The van der Waals surface area contributed by atoms with E-state index in [1.807, 2.05) is 31.2 Å². The van der Waals surface area contributed by atoms with Gasteiger partial charge in [-0.3, -0.25) is 9.36 Å². The van der Waals surface area contributed by atoms with E-state index in [2.05, 4.69) is 33.6 Å². The van der Waals surface area contributed by atoms with Gasteiger partial charge in [-0.1, -0.05) is 11.3 Å². The van der Waals surface area contributed by atoms with E-state index in [1.54, 1.807) is 0 Å². The highest BCUT2D eigenvalue weighted by Gasteiger charge is 2.10. The third-order valence-electron chi connectivity index (χ3n) is 3.64. The van der Waals surface area contributed by atoms with Crippen molar-refractivity contribution < 1.29 is 0 Å². The van der Waals surface area contributed by atoms with Gasteiger partial charge in [-0.05, 0) is 50.2 Å². The van der Waals surface area contributed by atoms with Gasteiger partial charge in [0.15, 0.2) is 0 Å². The number of hydrogen-bond donors (Lipinski definition) is 1. The lowest BCUT2D eigenvalue weighted by atomic mass is 10.3. The number of hydrogen-bond acceptors (Lipinski definition) is 3. The van der Waals surface area contributed by atoms with Gasteiger partial charge in [-0.15, -0.1) is 0 Å². The zero-order valence-corrected chi connectivity index (χ0v) is 12.5. The summed E-state index contributed by atoms with van der Waals surface area (Å²) < 4.78 is 3.10. The molecule has 0 unspecified atom stereocenters. The summed E-state index contributed by atoms with van der Waals surface area (Å²) in [7, 11) is 0. The van der Waals surface area contributed by atoms with Crippen molar-refractivity contribution in [3.05, 3.63) is 57.5 Å². The summed E-state index contributed by atoms with van der Waals surface area (Å²) in [5.74, 6) is 0. The molecule has 1 N–H and O–H groups in total. The van der Waals surface area contributed by atoms with Crippen molar-refractivity contribution in [3.63, 3.8) is 0 Å². The third kappa shape index (κ3) is 1.89. The molecule has 5 heteroatoms. The van der Waals surface area contributed by atoms with Crippen molar-refractivity contribution in [2.75, 3.05) is 0 Å². The predicted molar refractivity (Wildman–Crippen MR) is 86.5 cm³/mol. The van der Waals surface area contributed by atoms with Crippen LogP contribution in [0.2, 0.25) is 0 Å². The Balaban J connectivity index is 2.04. The highest BCUT2D eigenvalue weighted by Crippen LogP contribution is 2.25. The molecule has 3 aromatic heterocycles. The SMILES string of the molecule is Cc1ccc2cc(C)n(-c3ccc4[nH]c(=O)sc4c3)c2n1. The topological polar surface area (TPSA) is 50.7 Å². The molecule has 0 aliphatic heterocycles. The highest BCUT2D eigenvalue weighted by molar-refractivity contribution is 7.16. The molecule has 21 heavy (non-hydrogen) atoms. The number of fused-ring (bicyclic) bond motifs is 2.